The van der Waals surface area contributed by atoms with Gasteiger partial charge in [0.25, 0.3) is 5.91 Å². The molecular formula is C17H12ClF5N2O2. The van der Waals surface area contributed by atoms with Crippen molar-refractivity contribution in [1.29, 1.82) is 0 Å². The van der Waals surface area contributed by atoms with Crippen LogP contribution in [0.2, 0.25) is 5.02 Å². The summed E-state index contributed by atoms with van der Waals surface area (Å²) in [7, 11) is 0. The van der Waals surface area contributed by atoms with Crippen LogP contribution < -0.4 is 10.2 Å². The molecule has 0 heterocycles. The number of amides is 3. The Morgan fingerprint density at radius 1 is 1.11 bits per heavy atom. The molecule has 1 N–H and O–H groups in total. The summed E-state index contributed by atoms with van der Waals surface area (Å²) in [5.41, 5.74) is -2.29. The Hall–Kier alpha value is -2.68. The van der Waals surface area contributed by atoms with E-state index in [4.69, 9.17) is 11.6 Å². The number of rotatable bonds is 3. The first kappa shape index (κ1) is 20.6. The molecule has 0 radical (unpaired) electrons. The molecule has 0 fully saturated rings. The van der Waals surface area contributed by atoms with Crippen molar-refractivity contribution in [2.75, 3.05) is 11.4 Å². The van der Waals surface area contributed by atoms with Crippen LogP contribution in [-0.4, -0.2) is 18.5 Å². The van der Waals surface area contributed by atoms with Crippen molar-refractivity contribution in [2.24, 2.45) is 0 Å². The molecule has 0 aromatic heterocycles. The van der Waals surface area contributed by atoms with Crippen LogP contribution >= 0.6 is 11.6 Å². The highest BCUT2D eigenvalue weighted by molar-refractivity contribution is 6.34. The molecule has 4 nitrogen and oxygen atoms in total. The third-order valence-corrected chi connectivity index (χ3v) is 3.85. The lowest BCUT2D eigenvalue weighted by atomic mass is 10.1. The van der Waals surface area contributed by atoms with Crippen LogP contribution in [0.5, 0.6) is 0 Å². The van der Waals surface area contributed by atoms with E-state index in [1.807, 2.05) is 5.32 Å². The molecule has 10 heteroatoms. The quantitative estimate of drug-likeness (QED) is 0.728. The fraction of sp³-hybridized carbons (Fsp3) is 0.176. The minimum atomic E-state index is -4.75. The number of anilines is 1. The van der Waals surface area contributed by atoms with Gasteiger partial charge in [0.1, 0.15) is 11.6 Å². The first-order valence-corrected chi connectivity index (χ1v) is 7.87. The van der Waals surface area contributed by atoms with Gasteiger partial charge < -0.3 is 0 Å². The number of hydrogen-bond donors (Lipinski definition) is 1. The lowest BCUT2D eigenvalue weighted by Crippen LogP contribution is -2.43. The average molecular weight is 407 g/mol. The van der Waals surface area contributed by atoms with Gasteiger partial charge in [-0.15, -0.1) is 0 Å². The van der Waals surface area contributed by atoms with E-state index in [-0.39, 0.29) is 17.6 Å². The van der Waals surface area contributed by atoms with Gasteiger partial charge in [0.2, 0.25) is 0 Å². The molecule has 0 saturated heterocycles. The zero-order chi connectivity index (χ0) is 20.4. The van der Waals surface area contributed by atoms with Crippen molar-refractivity contribution in [3.8, 4) is 0 Å². The maximum atomic E-state index is 14.1. The summed E-state index contributed by atoms with van der Waals surface area (Å²) in [6, 6.07) is 3.90. The molecule has 0 saturated carbocycles. The highest BCUT2D eigenvalue weighted by Gasteiger charge is 2.32. The van der Waals surface area contributed by atoms with E-state index in [0.717, 1.165) is 12.1 Å². The molecular weight excluding hydrogens is 395 g/mol. The molecule has 0 aliphatic rings. The van der Waals surface area contributed by atoms with Crippen LogP contribution in [0.15, 0.2) is 36.4 Å². The molecule has 27 heavy (non-hydrogen) atoms. The van der Waals surface area contributed by atoms with Gasteiger partial charge in [0.05, 0.1) is 21.8 Å². The number of hydrogen-bond acceptors (Lipinski definition) is 2. The summed E-state index contributed by atoms with van der Waals surface area (Å²) < 4.78 is 65.7. The number of alkyl halides is 3. The van der Waals surface area contributed by atoms with Crippen LogP contribution in [0.4, 0.5) is 32.4 Å². The molecule has 0 spiro atoms. The molecule has 3 amide bonds. The van der Waals surface area contributed by atoms with Crippen LogP contribution in [-0.2, 0) is 6.18 Å². The second-order valence-corrected chi connectivity index (χ2v) is 5.67. The number of carbonyl (C=O) groups excluding carboxylic acids is 2. The van der Waals surface area contributed by atoms with Crippen molar-refractivity contribution in [1.82, 2.24) is 5.32 Å². The Labute approximate surface area is 155 Å². The standard InChI is InChI=1S/C17H12ClF5N2O2/c1-2-25(13-7-6-9(8-12(13)20)17(21,22)23)16(27)24-15(26)14-10(18)4-3-5-11(14)19/h3-8H,2H2,1H3,(H,24,26,27). The predicted molar refractivity (Wildman–Crippen MR) is 88.7 cm³/mol. The van der Waals surface area contributed by atoms with Crippen LogP contribution in [0.3, 0.4) is 0 Å². The van der Waals surface area contributed by atoms with Gasteiger partial charge in [-0.1, -0.05) is 17.7 Å². The first-order valence-electron chi connectivity index (χ1n) is 7.49. The van der Waals surface area contributed by atoms with Crippen LogP contribution in [0.1, 0.15) is 22.8 Å². The molecule has 0 unspecified atom stereocenters. The Bertz CT molecular complexity index is 866. The molecule has 0 aliphatic heterocycles. The molecule has 2 aromatic carbocycles. The lowest BCUT2D eigenvalue weighted by Gasteiger charge is -2.22. The monoisotopic (exact) mass is 406 g/mol. The number of imide groups is 1. The number of nitrogens with zero attached hydrogens (tertiary/aromatic N) is 1. The summed E-state index contributed by atoms with van der Waals surface area (Å²) in [5, 5.41) is 1.59. The molecule has 0 bridgehead atoms. The minimum absolute atomic E-state index is 0.174. The predicted octanol–water partition coefficient (Wildman–Crippen LogP) is 5.01. The third kappa shape index (κ3) is 4.54. The molecule has 0 aliphatic carbocycles. The minimum Gasteiger partial charge on any atom is -0.291 e. The Morgan fingerprint density at radius 2 is 1.78 bits per heavy atom. The fourth-order valence-electron chi connectivity index (χ4n) is 2.27. The van der Waals surface area contributed by atoms with Gasteiger partial charge in [-0.2, -0.15) is 13.2 Å². The zero-order valence-corrected chi connectivity index (χ0v) is 14.5. The Morgan fingerprint density at radius 3 is 2.30 bits per heavy atom. The number of carbonyl (C=O) groups is 2. The molecule has 2 rings (SSSR count). The van der Waals surface area contributed by atoms with Gasteiger partial charge in [-0.3, -0.25) is 15.0 Å². The van der Waals surface area contributed by atoms with Crippen molar-refractivity contribution in [3.05, 3.63) is 64.2 Å². The second-order valence-electron chi connectivity index (χ2n) is 5.26. The number of halogens is 6. The van der Waals surface area contributed by atoms with Crippen LogP contribution in [0, 0.1) is 11.6 Å². The summed E-state index contributed by atoms with van der Waals surface area (Å²) in [6.07, 6.45) is -4.75. The van der Waals surface area contributed by atoms with Gasteiger partial charge in [-0.25, -0.2) is 13.6 Å². The molecule has 0 atom stereocenters. The van der Waals surface area contributed by atoms with E-state index in [0.29, 0.717) is 11.0 Å². The Balaban J connectivity index is 2.27. The van der Waals surface area contributed by atoms with Crippen molar-refractivity contribution in [2.45, 2.75) is 13.1 Å². The van der Waals surface area contributed by atoms with Crippen molar-refractivity contribution >= 4 is 29.2 Å². The van der Waals surface area contributed by atoms with Gasteiger partial charge in [0, 0.05) is 6.54 Å². The summed E-state index contributed by atoms with van der Waals surface area (Å²) in [4.78, 5) is 25.0. The fourth-order valence-corrected chi connectivity index (χ4v) is 2.52. The number of benzene rings is 2. The highest BCUT2D eigenvalue weighted by Crippen LogP contribution is 2.32. The highest BCUT2D eigenvalue weighted by atomic mass is 35.5. The first-order chi connectivity index (χ1) is 12.6. The summed E-state index contributed by atoms with van der Waals surface area (Å²) in [6.45, 7) is 1.24. The summed E-state index contributed by atoms with van der Waals surface area (Å²) in [5.74, 6) is -3.45. The van der Waals surface area contributed by atoms with E-state index in [1.165, 1.54) is 19.1 Å². The van der Waals surface area contributed by atoms with E-state index < -0.39 is 46.6 Å². The van der Waals surface area contributed by atoms with Crippen molar-refractivity contribution < 1.29 is 31.5 Å². The second kappa shape index (κ2) is 7.91. The summed E-state index contributed by atoms with van der Waals surface area (Å²) >= 11 is 5.73. The third-order valence-electron chi connectivity index (χ3n) is 3.54. The van der Waals surface area contributed by atoms with Gasteiger partial charge >= 0.3 is 12.2 Å². The molecule has 2 aromatic rings. The topological polar surface area (TPSA) is 49.4 Å². The maximum Gasteiger partial charge on any atom is 0.416 e. The van der Waals surface area contributed by atoms with Gasteiger partial charge in [0.15, 0.2) is 0 Å². The normalized spacial score (nSPS) is 11.2. The zero-order valence-electron chi connectivity index (χ0n) is 13.7. The van der Waals surface area contributed by atoms with E-state index in [9.17, 15) is 31.5 Å². The van der Waals surface area contributed by atoms with E-state index >= 15 is 0 Å². The number of urea groups is 1. The smallest absolute Gasteiger partial charge is 0.291 e. The number of nitrogens with one attached hydrogen (secondary N) is 1. The largest absolute Gasteiger partial charge is 0.416 e. The lowest BCUT2D eigenvalue weighted by molar-refractivity contribution is -0.137. The molecule has 144 valence electrons. The van der Waals surface area contributed by atoms with Crippen LogP contribution in [0.25, 0.3) is 0 Å². The van der Waals surface area contributed by atoms with E-state index in [1.54, 1.807) is 0 Å². The Kier molecular flexibility index (Phi) is 6.04. The average Bonchev–Trinajstić information content (AvgIpc) is 2.55. The maximum absolute atomic E-state index is 14.1. The van der Waals surface area contributed by atoms with Crippen molar-refractivity contribution in [3.63, 3.8) is 0 Å². The van der Waals surface area contributed by atoms with E-state index in [2.05, 4.69) is 0 Å². The SMILES string of the molecule is CCN(C(=O)NC(=O)c1c(F)cccc1Cl)c1ccc(C(F)(F)F)cc1F. The van der Waals surface area contributed by atoms with Gasteiger partial charge in [-0.05, 0) is 37.3 Å².